The first-order valence-electron chi connectivity index (χ1n) is 10.5. The topological polar surface area (TPSA) is 85.5 Å². The molecular formula is C25H19N3O4S2. The van der Waals surface area contributed by atoms with Crippen LogP contribution in [0.4, 0.5) is 11.4 Å². The molecule has 2 aromatic heterocycles. The van der Waals surface area contributed by atoms with Crippen molar-refractivity contribution >= 4 is 46.8 Å². The van der Waals surface area contributed by atoms with Gasteiger partial charge in [0.25, 0.3) is 5.91 Å². The molecule has 2 aromatic carbocycles. The summed E-state index contributed by atoms with van der Waals surface area (Å²) < 4.78 is 10.5. The van der Waals surface area contributed by atoms with Crippen molar-refractivity contribution in [2.75, 3.05) is 11.5 Å². The third-order valence-electron chi connectivity index (χ3n) is 5.03. The van der Waals surface area contributed by atoms with Crippen molar-refractivity contribution in [3.63, 3.8) is 0 Å². The Kier molecular flexibility index (Phi) is 6.37. The SMILES string of the molecule is Cc1cc(CSc2ncccc2C(=O)OCC(=O)N2c3ccccc3Sc3ccccc32)no1. The first-order valence-corrected chi connectivity index (χ1v) is 12.3. The van der Waals surface area contributed by atoms with Crippen molar-refractivity contribution in [1.29, 1.82) is 0 Å². The molecule has 0 spiro atoms. The van der Waals surface area contributed by atoms with E-state index in [-0.39, 0.29) is 5.91 Å². The summed E-state index contributed by atoms with van der Waals surface area (Å²) in [7, 11) is 0. The number of esters is 1. The van der Waals surface area contributed by atoms with E-state index in [1.165, 1.54) is 11.8 Å². The molecule has 0 bridgehead atoms. The van der Waals surface area contributed by atoms with Crippen LogP contribution in [-0.4, -0.2) is 28.6 Å². The number of aromatic nitrogens is 2. The highest BCUT2D eigenvalue weighted by molar-refractivity contribution is 7.99. The lowest BCUT2D eigenvalue weighted by Crippen LogP contribution is -2.32. The van der Waals surface area contributed by atoms with Gasteiger partial charge < -0.3 is 9.26 Å². The van der Waals surface area contributed by atoms with E-state index >= 15 is 0 Å². The number of carbonyl (C=O) groups is 2. The second-order valence-corrected chi connectivity index (χ2v) is 9.46. The van der Waals surface area contributed by atoms with Crippen LogP contribution in [-0.2, 0) is 15.3 Å². The zero-order chi connectivity index (χ0) is 23.5. The molecule has 9 heteroatoms. The van der Waals surface area contributed by atoms with Gasteiger partial charge in [0.15, 0.2) is 6.61 Å². The van der Waals surface area contributed by atoms with Crippen LogP contribution in [0.5, 0.6) is 0 Å². The summed E-state index contributed by atoms with van der Waals surface area (Å²) in [5, 5.41) is 4.47. The number of anilines is 2. The number of hydrogen-bond acceptors (Lipinski definition) is 8. The number of ether oxygens (including phenoxy) is 1. The van der Waals surface area contributed by atoms with Gasteiger partial charge in [-0.25, -0.2) is 9.78 Å². The number of nitrogens with zero attached hydrogens (tertiary/aromatic N) is 3. The average Bonchev–Trinajstić information content (AvgIpc) is 3.29. The first kappa shape index (κ1) is 22.2. The molecule has 0 atom stereocenters. The van der Waals surface area contributed by atoms with Gasteiger partial charge in [-0.1, -0.05) is 52.9 Å². The zero-order valence-corrected chi connectivity index (χ0v) is 19.8. The minimum atomic E-state index is -0.603. The summed E-state index contributed by atoms with van der Waals surface area (Å²) in [6, 6.07) is 20.5. The molecule has 34 heavy (non-hydrogen) atoms. The first-order chi connectivity index (χ1) is 16.6. The zero-order valence-electron chi connectivity index (χ0n) is 18.1. The fourth-order valence-electron chi connectivity index (χ4n) is 3.53. The van der Waals surface area contributed by atoms with E-state index in [4.69, 9.17) is 9.26 Å². The monoisotopic (exact) mass is 489 g/mol. The lowest BCUT2D eigenvalue weighted by molar-refractivity contribution is -0.121. The Balaban J connectivity index is 1.31. The maximum atomic E-state index is 13.3. The van der Waals surface area contributed by atoms with E-state index in [9.17, 15) is 9.59 Å². The highest BCUT2D eigenvalue weighted by Crippen LogP contribution is 2.47. The van der Waals surface area contributed by atoms with Crippen LogP contribution < -0.4 is 4.90 Å². The molecule has 1 aliphatic rings. The quantitative estimate of drug-likeness (QED) is 0.253. The van der Waals surface area contributed by atoms with E-state index < -0.39 is 12.6 Å². The van der Waals surface area contributed by atoms with Crippen LogP contribution in [0.1, 0.15) is 21.8 Å². The van der Waals surface area contributed by atoms with E-state index in [0.717, 1.165) is 26.9 Å². The van der Waals surface area contributed by atoms with Gasteiger partial charge in [-0.05, 0) is 43.3 Å². The van der Waals surface area contributed by atoms with Crippen LogP contribution in [0, 0.1) is 6.92 Å². The standard InChI is InChI=1S/C25H19N3O4S2/c1-16-13-17(27-32-16)15-33-24-18(7-6-12-26-24)25(30)31-14-23(29)28-19-8-2-4-10-21(19)34-22-11-5-3-9-20(22)28/h2-13H,14-15H2,1H3. The summed E-state index contributed by atoms with van der Waals surface area (Å²) >= 11 is 2.96. The predicted molar refractivity (Wildman–Crippen MR) is 129 cm³/mol. The van der Waals surface area contributed by atoms with Crippen molar-refractivity contribution in [2.45, 2.75) is 27.5 Å². The number of fused-ring (bicyclic) bond motifs is 2. The van der Waals surface area contributed by atoms with Gasteiger partial charge in [-0.3, -0.25) is 9.69 Å². The Morgan fingerprint density at radius 1 is 1.03 bits per heavy atom. The number of rotatable bonds is 6. The van der Waals surface area contributed by atoms with Crippen molar-refractivity contribution in [1.82, 2.24) is 10.1 Å². The van der Waals surface area contributed by atoms with Gasteiger partial charge in [0.2, 0.25) is 0 Å². The molecule has 0 N–H and O–H groups in total. The Bertz CT molecular complexity index is 1330. The number of carbonyl (C=O) groups excluding carboxylic acids is 2. The summed E-state index contributed by atoms with van der Waals surface area (Å²) in [6.45, 7) is 1.42. The van der Waals surface area contributed by atoms with Crippen LogP contribution in [0.25, 0.3) is 0 Å². The molecule has 4 aromatic rings. The second kappa shape index (κ2) is 9.74. The van der Waals surface area contributed by atoms with Crippen molar-refractivity contribution in [3.8, 4) is 0 Å². The van der Waals surface area contributed by atoms with Crippen LogP contribution in [0.2, 0.25) is 0 Å². The molecule has 1 aliphatic heterocycles. The minimum absolute atomic E-state index is 0.301. The number of aryl methyl sites for hydroxylation is 1. The van der Waals surface area contributed by atoms with Crippen LogP contribution >= 0.6 is 23.5 Å². The minimum Gasteiger partial charge on any atom is -0.452 e. The highest BCUT2D eigenvalue weighted by Gasteiger charge is 2.28. The maximum Gasteiger partial charge on any atom is 0.341 e. The molecule has 0 saturated carbocycles. The van der Waals surface area contributed by atoms with Gasteiger partial charge in [-0.2, -0.15) is 0 Å². The second-order valence-electron chi connectivity index (χ2n) is 7.42. The number of thioether (sulfide) groups is 1. The smallest absolute Gasteiger partial charge is 0.341 e. The summed E-state index contributed by atoms with van der Waals surface area (Å²) in [5.74, 6) is 0.277. The van der Waals surface area contributed by atoms with E-state index in [1.807, 2.05) is 61.5 Å². The van der Waals surface area contributed by atoms with E-state index in [2.05, 4.69) is 10.1 Å². The van der Waals surface area contributed by atoms with Gasteiger partial charge in [0, 0.05) is 27.8 Å². The average molecular weight is 490 g/mol. The molecule has 0 unspecified atom stereocenters. The van der Waals surface area contributed by atoms with Crippen molar-refractivity contribution in [3.05, 3.63) is 89.9 Å². The molecule has 7 nitrogen and oxygen atoms in total. The molecule has 1 amide bonds. The number of hydrogen-bond donors (Lipinski definition) is 0. The summed E-state index contributed by atoms with van der Waals surface area (Å²) in [6.07, 6.45) is 1.61. The Morgan fingerprint density at radius 3 is 2.41 bits per heavy atom. The molecular weight excluding hydrogens is 470 g/mol. The highest BCUT2D eigenvalue weighted by atomic mass is 32.2. The molecule has 3 heterocycles. The van der Waals surface area contributed by atoms with Gasteiger partial charge in [-0.15, -0.1) is 0 Å². The Labute approximate surface area is 204 Å². The van der Waals surface area contributed by atoms with E-state index in [0.29, 0.717) is 22.1 Å². The fraction of sp³-hybridized carbons (Fsp3) is 0.120. The number of para-hydroxylation sites is 2. The van der Waals surface area contributed by atoms with Crippen LogP contribution in [0.15, 0.2) is 92.3 Å². The Hall–Kier alpha value is -3.56. The maximum absolute atomic E-state index is 13.3. The number of amides is 1. The number of pyridine rings is 1. The van der Waals surface area contributed by atoms with Crippen molar-refractivity contribution < 1.29 is 18.8 Å². The fourth-order valence-corrected chi connectivity index (χ4v) is 5.45. The molecule has 0 radical (unpaired) electrons. The molecule has 5 rings (SSSR count). The lowest BCUT2D eigenvalue weighted by atomic mass is 10.2. The molecule has 170 valence electrons. The third-order valence-corrected chi connectivity index (χ3v) is 7.20. The summed E-state index contributed by atoms with van der Waals surface area (Å²) in [4.78, 5) is 34.0. The number of benzene rings is 2. The predicted octanol–water partition coefficient (Wildman–Crippen LogP) is 5.66. The molecule has 0 saturated heterocycles. The van der Waals surface area contributed by atoms with Gasteiger partial charge in [0.05, 0.1) is 22.6 Å². The summed E-state index contributed by atoms with van der Waals surface area (Å²) in [5.41, 5.74) is 2.60. The lowest BCUT2D eigenvalue weighted by Gasteiger charge is -2.30. The largest absolute Gasteiger partial charge is 0.452 e. The van der Waals surface area contributed by atoms with Gasteiger partial charge in [0.1, 0.15) is 10.8 Å². The van der Waals surface area contributed by atoms with Crippen molar-refractivity contribution in [2.24, 2.45) is 0 Å². The Morgan fingerprint density at radius 2 is 1.74 bits per heavy atom. The van der Waals surface area contributed by atoms with E-state index in [1.54, 1.807) is 35.0 Å². The third kappa shape index (κ3) is 4.57. The van der Waals surface area contributed by atoms with Gasteiger partial charge >= 0.3 is 5.97 Å². The normalized spacial score (nSPS) is 12.1. The van der Waals surface area contributed by atoms with Crippen LogP contribution in [0.3, 0.4) is 0 Å². The molecule has 0 aliphatic carbocycles. The molecule has 0 fully saturated rings.